The lowest BCUT2D eigenvalue weighted by atomic mass is 9.95. The highest BCUT2D eigenvalue weighted by molar-refractivity contribution is 9.10. The molecule has 0 spiro atoms. The molecule has 3 rings (SSSR count). The van der Waals surface area contributed by atoms with E-state index in [1.54, 1.807) is 31.2 Å². The molecule has 2 aromatic carbocycles. The van der Waals surface area contributed by atoms with Crippen molar-refractivity contribution in [1.29, 1.82) is 0 Å². The van der Waals surface area contributed by atoms with Crippen LogP contribution in [0.3, 0.4) is 0 Å². The summed E-state index contributed by atoms with van der Waals surface area (Å²) >= 11 is 13.2. The van der Waals surface area contributed by atoms with Gasteiger partial charge in [0.1, 0.15) is 5.82 Å². The Labute approximate surface area is 213 Å². The first-order valence-corrected chi connectivity index (χ1v) is 11.9. The van der Waals surface area contributed by atoms with E-state index in [9.17, 15) is 9.59 Å². The van der Waals surface area contributed by atoms with Crippen LogP contribution in [0.5, 0.6) is 5.75 Å². The lowest BCUT2D eigenvalue weighted by Crippen LogP contribution is -2.29. The van der Waals surface area contributed by atoms with E-state index in [0.29, 0.717) is 32.5 Å². The van der Waals surface area contributed by atoms with Gasteiger partial charge in [-0.25, -0.2) is 9.78 Å². The van der Waals surface area contributed by atoms with E-state index in [1.807, 2.05) is 26.8 Å². The van der Waals surface area contributed by atoms with Crippen LogP contribution in [0.25, 0.3) is 10.9 Å². The van der Waals surface area contributed by atoms with Crippen LogP contribution in [0.15, 0.2) is 49.2 Å². The number of methoxy groups -OCH3 is 1. The molecule has 0 amide bonds. The molecular formula is C23H22Br2ClN3O4. The number of hydrogen-bond acceptors (Lipinski definition) is 6. The number of rotatable bonds is 5. The Kier molecular flexibility index (Phi) is 7.65. The number of ether oxygens (including phenoxy) is 2. The van der Waals surface area contributed by atoms with Gasteiger partial charge in [-0.05, 0) is 58.7 Å². The molecule has 0 saturated heterocycles. The summed E-state index contributed by atoms with van der Waals surface area (Å²) in [7, 11) is 1.28. The monoisotopic (exact) mass is 597 g/mol. The van der Waals surface area contributed by atoms with Crippen molar-refractivity contribution < 1.29 is 14.3 Å². The standard InChI is InChI=1S/C23H22Br2ClN3O4/c1-12(21(31)32-5)33-19-16(25)8-13(9-17(19)26)11-27-29-20(30)15-10-14(24)6-7-18(15)28-22(29)23(2,3)4/h6-12H,1-5H3/t12-/m1/s1. The van der Waals surface area contributed by atoms with Crippen LogP contribution in [0.2, 0.25) is 5.02 Å². The zero-order valence-electron chi connectivity index (χ0n) is 18.6. The molecule has 0 aliphatic heterocycles. The van der Waals surface area contributed by atoms with Crippen molar-refractivity contribution in [2.45, 2.75) is 39.2 Å². The van der Waals surface area contributed by atoms with Gasteiger partial charge in [-0.3, -0.25) is 4.79 Å². The van der Waals surface area contributed by atoms with Gasteiger partial charge in [-0.1, -0.05) is 48.3 Å². The largest absolute Gasteiger partial charge is 0.476 e. The van der Waals surface area contributed by atoms with E-state index in [1.165, 1.54) is 18.0 Å². The van der Waals surface area contributed by atoms with Gasteiger partial charge >= 0.3 is 5.97 Å². The minimum absolute atomic E-state index is 0.269. The maximum absolute atomic E-state index is 13.3. The zero-order chi connectivity index (χ0) is 24.5. The van der Waals surface area contributed by atoms with Crippen LogP contribution in [0, 0.1) is 0 Å². The molecule has 3 aromatic rings. The van der Waals surface area contributed by atoms with Crippen LogP contribution in [0.1, 0.15) is 39.1 Å². The lowest BCUT2D eigenvalue weighted by molar-refractivity contribution is -0.147. The maximum atomic E-state index is 13.3. The molecule has 1 atom stereocenters. The van der Waals surface area contributed by atoms with E-state index in [0.717, 1.165) is 4.47 Å². The van der Waals surface area contributed by atoms with E-state index in [4.69, 9.17) is 21.3 Å². The predicted molar refractivity (Wildman–Crippen MR) is 137 cm³/mol. The number of halogens is 3. The molecule has 7 nitrogen and oxygen atoms in total. The Hall–Kier alpha value is -2.23. The number of nitrogens with zero attached hydrogens (tertiary/aromatic N) is 3. The minimum atomic E-state index is -0.834. The molecular weight excluding hydrogens is 578 g/mol. The third-order valence-electron chi connectivity index (χ3n) is 4.65. The fourth-order valence-electron chi connectivity index (χ4n) is 3.02. The number of fused-ring (bicyclic) bond motifs is 1. The van der Waals surface area contributed by atoms with E-state index in [-0.39, 0.29) is 10.6 Å². The summed E-state index contributed by atoms with van der Waals surface area (Å²) < 4.78 is 12.9. The Morgan fingerprint density at radius 2 is 1.94 bits per heavy atom. The molecule has 1 aromatic heterocycles. The molecule has 0 fully saturated rings. The van der Waals surface area contributed by atoms with Crippen molar-refractivity contribution in [3.8, 4) is 5.75 Å². The summed E-state index contributed by atoms with van der Waals surface area (Å²) in [6, 6.07) is 8.73. The smallest absolute Gasteiger partial charge is 0.346 e. The fourth-order valence-corrected chi connectivity index (χ4v) is 4.34. The van der Waals surface area contributed by atoms with Crippen molar-refractivity contribution in [2.24, 2.45) is 5.10 Å². The van der Waals surface area contributed by atoms with Crippen molar-refractivity contribution in [1.82, 2.24) is 9.66 Å². The van der Waals surface area contributed by atoms with E-state index >= 15 is 0 Å². The van der Waals surface area contributed by atoms with Crippen LogP contribution < -0.4 is 10.3 Å². The average molecular weight is 600 g/mol. The summed E-state index contributed by atoms with van der Waals surface area (Å²) in [6.07, 6.45) is 0.686. The van der Waals surface area contributed by atoms with Gasteiger partial charge in [0.25, 0.3) is 5.56 Å². The summed E-state index contributed by atoms with van der Waals surface area (Å²) in [6.45, 7) is 7.46. The molecule has 0 N–H and O–H groups in total. The molecule has 0 saturated carbocycles. The number of benzene rings is 2. The zero-order valence-corrected chi connectivity index (χ0v) is 22.6. The molecule has 0 unspecified atom stereocenters. The maximum Gasteiger partial charge on any atom is 0.346 e. The first-order valence-electron chi connectivity index (χ1n) is 9.93. The summed E-state index contributed by atoms with van der Waals surface area (Å²) in [5.41, 5.74) is 0.509. The van der Waals surface area contributed by atoms with Gasteiger partial charge < -0.3 is 9.47 Å². The highest BCUT2D eigenvalue weighted by atomic mass is 79.9. The average Bonchev–Trinajstić information content (AvgIpc) is 2.74. The Balaban J connectivity index is 2.06. The minimum Gasteiger partial charge on any atom is -0.476 e. The van der Waals surface area contributed by atoms with E-state index < -0.39 is 17.5 Å². The van der Waals surface area contributed by atoms with Crippen LogP contribution in [-0.2, 0) is 14.9 Å². The van der Waals surface area contributed by atoms with Crippen LogP contribution in [-0.4, -0.2) is 35.1 Å². The topological polar surface area (TPSA) is 82.8 Å². The van der Waals surface area contributed by atoms with Crippen LogP contribution in [0.4, 0.5) is 0 Å². The van der Waals surface area contributed by atoms with Gasteiger partial charge in [0.2, 0.25) is 0 Å². The number of carbonyl (C=O) groups is 1. The molecule has 1 heterocycles. The van der Waals surface area contributed by atoms with Gasteiger partial charge in [0.05, 0.1) is 33.7 Å². The second kappa shape index (κ2) is 9.95. The molecule has 10 heteroatoms. The second-order valence-electron chi connectivity index (χ2n) is 8.31. The van der Waals surface area contributed by atoms with Gasteiger partial charge in [0.15, 0.2) is 11.9 Å². The van der Waals surface area contributed by atoms with Gasteiger partial charge in [0, 0.05) is 9.89 Å². The first-order chi connectivity index (χ1) is 15.4. The number of carbonyl (C=O) groups excluding carboxylic acids is 1. The van der Waals surface area contributed by atoms with Crippen molar-refractivity contribution in [2.75, 3.05) is 7.11 Å². The summed E-state index contributed by atoms with van der Waals surface area (Å²) in [5.74, 6) is 0.306. The Morgan fingerprint density at radius 1 is 1.24 bits per heavy atom. The molecule has 0 bridgehead atoms. The fraction of sp³-hybridized carbons (Fsp3) is 0.304. The number of aromatic nitrogens is 2. The summed E-state index contributed by atoms with van der Waals surface area (Å²) in [5, 5.41) is 5.17. The third kappa shape index (κ3) is 5.65. The van der Waals surface area contributed by atoms with Crippen molar-refractivity contribution >= 4 is 66.5 Å². The Morgan fingerprint density at radius 3 is 2.55 bits per heavy atom. The highest BCUT2D eigenvalue weighted by Gasteiger charge is 2.23. The Bertz CT molecular complexity index is 1290. The van der Waals surface area contributed by atoms with E-state index in [2.05, 4.69) is 41.7 Å². The summed E-state index contributed by atoms with van der Waals surface area (Å²) in [4.78, 5) is 29.6. The second-order valence-corrected chi connectivity index (χ2v) is 10.5. The normalized spacial score (nSPS) is 12.8. The SMILES string of the molecule is COC(=O)[C@@H](C)Oc1c(Cl)cc(C=Nn2c(C(C)(C)C)nc3ccc(Br)cc3c2=O)cc1Br. The third-order valence-corrected chi connectivity index (χ3v) is 6.01. The molecule has 0 radical (unpaired) electrons. The lowest BCUT2D eigenvalue weighted by Gasteiger charge is -2.21. The van der Waals surface area contributed by atoms with Gasteiger partial charge in [-0.15, -0.1) is 0 Å². The highest BCUT2D eigenvalue weighted by Crippen LogP contribution is 2.35. The van der Waals surface area contributed by atoms with Crippen molar-refractivity contribution in [3.05, 3.63) is 66.0 Å². The first kappa shape index (κ1) is 25.4. The number of hydrogen-bond donors (Lipinski definition) is 0. The van der Waals surface area contributed by atoms with Crippen molar-refractivity contribution in [3.63, 3.8) is 0 Å². The molecule has 174 valence electrons. The molecule has 0 aliphatic carbocycles. The van der Waals surface area contributed by atoms with Crippen LogP contribution >= 0.6 is 43.5 Å². The van der Waals surface area contributed by atoms with Gasteiger partial charge in [-0.2, -0.15) is 9.78 Å². The number of esters is 1. The molecule has 33 heavy (non-hydrogen) atoms. The quantitative estimate of drug-likeness (QED) is 0.278. The molecule has 0 aliphatic rings. The predicted octanol–water partition coefficient (Wildman–Crippen LogP) is 5.69.